The molecule has 0 spiro atoms. The maximum absolute atomic E-state index is 9.04. The maximum Gasteiger partial charge on any atom is 0.0684 e. The quantitative estimate of drug-likeness (QED) is 0.789. The Morgan fingerprint density at radius 3 is 2.93 bits per heavy atom. The van der Waals surface area contributed by atoms with Crippen molar-refractivity contribution in [3.8, 4) is 6.07 Å². The van der Waals surface area contributed by atoms with Crippen LogP contribution in [-0.4, -0.2) is 5.11 Å². The first kappa shape index (κ1) is 10.5. The van der Waals surface area contributed by atoms with Gasteiger partial charge in [-0.15, -0.1) is 0 Å². The molecule has 0 saturated heterocycles. The molecule has 0 aliphatic carbocycles. The van der Waals surface area contributed by atoms with Gasteiger partial charge >= 0.3 is 0 Å². The Morgan fingerprint density at radius 1 is 1.50 bits per heavy atom. The molecule has 1 aromatic rings. The minimum absolute atomic E-state index is 0.0613. The Bertz CT molecular complexity index is 374. The molecule has 72 valence electrons. The number of hydrogen-bond acceptors (Lipinski definition) is 2. The molecule has 0 bridgehead atoms. The van der Waals surface area contributed by atoms with Gasteiger partial charge in [-0.3, -0.25) is 0 Å². The topological polar surface area (TPSA) is 44.0 Å². The van der Waals surface area contributed by atoms with Crippen LogP contribution in [0.4, 0.5) is 0 Å². The van der Waals surface area contributed by atoms with Gasteiger partial charge in [-0.05, 0) is 23.6 Å². The molecular formula is C12H13NO. The Balaban J connectivity index is 2.93. The van der Waals surface area contributed by atoms with Crippen molar-refractivity contribution in [2.24, 2.45) is 0 Å². The summed E-state index contributed by atoms with van der Waals surface area (Å²) < 4.78 is 0. The molecule has 0 aliphatic rings. The number of benzene rings is 1. The molecule has 1 N–H and O–H groups in total. The number of nitrogens with zero attached hydrogens (tertiary/aromatic N) is 1. The summed E-state index contributed by atoms with van der Waals surface area (Å²) in [6.45, 7) is 2.03. The first-order valence-electron chi connectivity index (χ1n) is 4.52. The zero-order valence-corrected chi connectivity index (χ0v) is 8.20. The van der Waals surface area contributed by atoms with Crippen molar-refractivity contribution in [1.82, 2.24) is 0 Å². The van der Waals surface area contributed by atoms with E-state index < -0.39 is 0 Å². The van der Waals surface area contributed by atoms with Crippen LogP contribution in [-0.2, 0) is 6.61 Å². The largest absolute Gasteiger partial charge is 0.392 e. The predicted molar refractivity (Wildman–Crippen MR) is 56.4 cm³/mol. The molecule has 14 heavy (non-hydrogen) atoms. The van der Waals surface area contributed by atoms with Gasteiger partial charge in [-0.2, -0.15) is 5.26 Å². The van der Waals surface area contributed by atoms with Crippen LogP contribution < -0.4 is 0 Å². The van der Waals surface area contributed by atoms with Crippen LogP contribution in [0.3, 0.4) is 0 Å². The summed E-state index contributed by atoms with van der Waals surface area (Å²) >= 11 is 0. The van der Waals surface area contributed by atoms with Gasteiger partial charge in [0, 0.05) is 0 Å². The molecule has 0 aliphatic heterocycles. The van der Waals surface area contributed by atoms with Crippen LogP contribution in [0.5, 0.6) is 0 Å². The summed E-state index contributed by atoms with van der Waals surface area (Å²) in [4.78, 5) is 0. The van der Waals surface area contributed by atoms with Crippen LogP contribution in [0.25, 0.3) is 6.08 Å². The number of aliphatic hydroxyl groups is 1. The zero-order valence-electron chi connectivity index (χ0n) is 8.20. The molecule has 1 rings (SSSR count). The van der Waals surface area contributed by atoms with Gasteiger partial charge < -0.3 is 5.11 Å². The number of allylic oxidation sites excluding steroid dienone is 1. The van der Waals surface area contributed by atoms with Crippen molar-refractivity contribution < 1.29 is 5.11 Å². The summed E-state index contributed by atoms with van der Waals surface area (Å²) in [5, 5.41) is 17.4. The Hall–Kier alpha value is -1.59. The molecule has 2 nitrogen and oxygen atoms in total. The van der Waals surface area contributed by atoms with E-state index in [1.165, 1.54) is 0 Å². The molecule has 0 atom stereocenters. The fourth-order valence-electron chi connectivity index (χ4n) is 1.29. The molecule has 1 aromatic carbocycles. The van der Waals surface area contributed by atoms with E-state index in [9.17, 15) is 0 Å². The second-order valence-electron chi connectivity index (χ2n) is 3.05. The highest BCUT2D eigenvalue weighted by molar-refractivity contribution is 5.55. The first-order valence-corrected chi connectivity index (χ1v) is 4.52. The lowest BCUT2D eigenvalue weighted by Crippen LogP contribution is -1.90. The summed E-state index contributed by atoms with van der Waals surface area (Å²) in [6.07, 6.45) is 4.16. The molecular weight excluding hydrogens is 174 g/mol. The Kier molecular flexibility index (Phi) is 3.90. The first-order chi connectivity index (χ1) is 6.79. The minimum Gasteiger partial charge on any atom is -0.392 e. The van der Waals surface area contributed by atoms with Gasteiger partial charge in [0.15, 0.2) is 0 Å². The van der Waals surface area contributed by atoms with Crippen LogP contribution in [0.15, 0.2) is 24.3 Å². The highest BCUT2D eigenvalue weighted by Crippen LogP contribution is 2.15. The van der Waals surface area contributed by atoms with Gasteiger partial charge in [0.2, 0.25) is 0 Å². The lowest BCUT2D eigenvalue weighted by molar-refractivity contribution is 0.281. The predicted octanol–water partition coefficient (Wildman–Crippen LogP) is 2.41. The van der Waals surface area contributed by atoms with Crippen molar-refractivity contribution in [2.75, 3.05) is 0 Å². The SMILES string of the molecule is Cc1c(C=CCC#N)cccc1CO. The molecule has 0 saturated carbocycles. The van der Waals surface area contributed by atoms with Gasteiger partial charge in [0.1, 0.15) is 0 Å². The smallest absolute Gasteiger partial charge is 0.0684 e. The molecule has 0 amide bonds. The zero-order chi connectivity index (χ0) is 10.4. The van der Waals surface area contributed by atoms with E-state index in [1.807, 2.05) is 43.3 Å². The van der Waals surface area contributed by atoms with Crippen molar-refractivity contribution in [1.29, 1.82) is 5.26 Å². The number of aliphatic hydroxyl groups excluding tert-OH is 1. The molecule has 0 radical (unpaired) electrons. The fraction of sp³-hybridized carbons (Fsp3) is 0.250. The lowest BCUT2D eigenvalue weighted by Gasteiger charge is -2.05. The Labute approximate surface area is 84.1 Å². The summed E-state index contributed by atoms with van der Waals surface area (Å²) in [6, 6.07) is 7.83. The number of hydrogen-bond donors (Lipinski definition) is 1. The monoisotopic (exact) mass is 187 g/mol. The molecule has 0 aromatic heterocycles. The lowest BCUT2D eigenvalue weighted by atomic mass is 10.0. The molecule has 2 heteroatoms. The van der Waals surface area contributed by atoms with Gasteiger partial charge in [0.05, 0.1) is 19.1 Å². The normalized spacial score (nSPS) is 10.4. The van der Waals surface area contributed by atoms with Gasteiger partial charge in [-0.25, -0.2) is 0 Å². The van der Waals surface area contributed by atoms with E-state index in [0.29, 0.717) is 6.42 Å². The standard InChI is InChI=1S/C12H13NO/c1-10-11(5-2-3-8-13)6-4-7-12(10)9-14/h2,4-7,14H,3,9H2,1H3. The van der Waals surface area contributed by atoms with Crippen LogP contribution in [0, 0.1) is 18.3 Å². The van der Waals surface area contributed by atoms with Crippen molar-refractivity contribution in [2.45, 2.75) is 20.0 Å². The molecule has 0 fully saturated rings. The average Bonchev–Trinajstić information content (AvgIpc) is 2.21. The summed E-state index contributed by atoms with van der Waals surface area (Å²) in [7, 11) is 0. The van der Waals surface area contributed by atoms with Crippen LogP contribution in [0.2, 0.25) is 0 Å². The third kappa shape index (κ3) is 2.45. The number of rotatable bonds is 3. The maximum atomic E-state index is 9.04. The second-order valence-corrected chi connectivity index (χ2v) is 3.05. The summed E-state index contributed by atoms with van der Waals surface area (Å²) in [5.41, 5.74) is 3.07. The van der Waals surface area contributed by atoms with Gasteiger partial charge in [0.25, 0.3) is 0 Å². The highest BCUT2D eigenvalue weighted by atomic mass is 16.3. The van der Waals surface area contributed by atoms with E-state index in [-0.39, 0.29) is 6.61 Å². The average molecular weight is 187 g/mol. The third-order valence-corrected chi connectivity index (χ3v) is 2.16. The van der Waals surface area contributed by atoms with E-state index in [1.54, 1.807) is 0 Å². The number of nitriles is 1. The fourth-order valence-corrected chi connectivity index (χ4v) is 1.29. The third-order valence-electron chi connectivity index (χ3n) is 2.16. The van der Waals surface area contributed by atoms with Crippen LogP contribution in [0.1, 0.15) is 23.1 Å². The van der Waals surface area contributed by atoms with E-state index in [0.717, 1.165) is 16.7 Å². The summed E-state index contributed by atoms with van der Waals surface area (Å²) in [5.74, 6) is 0. The Morgan fingerprint density at radius 2 is 2.29 bits per heavy atom. The van der Waals surface area contributed by atoms with Crippen LogP contribution >= 0.6 is 0 Å². The van der Waals surface area contributed by atoms with Crippen molar-refractivity contribution in [3.63, 3.8) is 0 Å². The highest BCUT2D eigenvalue weighted by Gasteiger charge is 1.99. The minimum atomic E-state index is 0.0613. The van der Waals surface area contributed by atoms with E-state index in [2.05, 4.69) is 0 Å². The van der Waals surface area contributed by atoms with Crippen molar-refractivity contribution in [3.05, 3.63) is 41.0 Å². The van der Waals surface area contributed by atoms with Crippen molar-refractivity contribution >= 4 is 6.08 Å². The van der Waals surface area contributed by atoms with E-state index in [4.69, 9.17) is 10.4 Å². The molecule has 0 heterocycles. The second kappa shape index (κ2) is 5.21. The van der Waals surface area contributed by atoms with E-state index >= 15 is 0 Å². The molecule has 0 unspecified atom stereocenters. The van der Waals surface area contributed by atoms with Gasteiger partial charge in [-0.1, -0.05) is 30.4 Å².